The first-order valence-corrected chi connectivity index (χ1v) is 5.27. The van der Waals surface area contributed by atoms with Gasteiger partial charge in [0.15, 0.2) is 5.82 Å². The summed E-state index contributed by atoms with van der Waals surface area (Å²) in [5, 5.41) is 7.49. The Labute approximate surface area is 101 Å². The van der Waals surface area contributed by atoms with Crippen LogP contribution in [-0.4, -0.2) is 14.8 Å². The first-order chi connectivity index (χ1) is 8.41. The molecular formula is C11H11F3N4. The number of aromatic nitrogens is 3. The predicted octanol–water partition coefficient (Wildman–Crippen LogP) is 2.57. The van der Waals surface area contributed by atoms with E-state index in [9.17, 15) is 13.2 Å². The van der Waals surface area contributed by atoms with E-state index in [2.05, 4.69) is 10.2 Å². The van der Waals surface area contributed by atoms with Gasteiger partial charge >= 0.3 is 6.18 Å². The van der Waals surface area contributed by atoms with Gasteiger partial charge in [0.2, 0.25) is 0 Å². The lowest BCUT2D eigenvalue weighted by Crippen LogP contribution is -2.07. The Morgan fingerprint density at radius 3 is 2.61 bits per heavy atom. The molecule has 4 nitrogen and oxygen atoms in total. The number of nitrogens with zero attached hydrogens (tertiary/aromatic N) is 3. The van der Waals surface area contributed by atoms with Crippen LogP contribution in [0.5, 0.6) is 0 Å². The van der Waals surface area contributed by atoms with Crippen LogP contribution < -0.4 is 5.73 Å². The number of aryl methyl sites for hydroxylation is 1. The average molecular weight is 256 g/mol. The third kappa shape index (κ3) is 2.29. The first kappa shape index (κ1) is 12.4. The van der Waals surface area contributed by atoms with Crippen LogP contribution in [0.3, 0.4) is 0 Å². The fourth-order valence-electron chi connectivity index (χ4n) is 1.65. The maximum absolute atomic E-state index is 12.7. The molecule has 0 saturated heterocycles. The van der Waals surface area contributed by atoms with E-state index in [-0.39, 0.29) is 5.69 Å². The molecule has 0 saturated carbocycles. The second-order valence-electron chi connectivity index (χ2n) is 3.78. The van der Waals surface area contributed by atoms with Crippen molar-refractivity contribution in [3.05, 3.63) is 30.1 Å². The Morgan fingerprint density at radius 2 is 2.00 bits per heavy atom. The van der Waals surface area contributed by atoms with Crippen LogP contribution in [0.15, 0.2) is 24.5 Å². The summed E-state index contributed by atoms with van der Waals surface area (Å²) in [6, 6.07) is 3.37. The third-order valence-electron chi connectivity index (χ3n) is 2.50. The minimum absolute atomic E-state index is 0.0467. The highest BCUT2D eigenvalue weighted by molar-refractivity contribution is 5.63. The molecule has 0 aliphatic rings. The zero-order chi connectivity index (χ0) is 13.3. The molecule has 0 aliphatic heterocycles. The largest absolute Gasteiger partial charge is 0.416 e. The number of benzene rings is 1. The second kappa shape index (κ2) is 4.32. The van der Waals surface area contributed by atoms with Gasteiger partial charge in [-0.25, -0.2) is 0 Å². The molecule has 0 amide bonds. The van der Waals surface area contributed by atoms with Gasteiger partial charge in [-0.05, 0) is 25.1 Å². The summed E-state index contributed by atoms with van der Waals surface area (Å²) < 4.78 is 39.7. The summed E-state index contributed by atoms with van der Waals surface area (Å²) in [4.78, 5) is 0. The molecule has 1 aromatic heterocycles. The van der Waals surface area contributed by atoms with Gasteiger partial charge in [0, 0.05) is 17.8 Å². The van der Waals surface area contributed by atoms with Gasteiger partial charge < -0.3 is 10.3 Å². The van der Waals surface area contributed by atoms with Crippen LogP contribution in [0.25, 0.3) is 11.4 Å². The van der Waals surface area contributed by atoms with Gasteiger partial charge in [-0.15, -0.1) is 10.2 Å². The van der Waals surface area contributed by atoms with Crippen LogP contribution in [0, 0.1) is 0 Å². The van der Waals surface area contributed by atoms with Crippen molar-refractivity contribution >= 4 is 5.69 Å². The molecule has 2 N–H and O–H groups in total. The second-order valence-corrected chi connectivity index (χ2v) is 3.78. The van der Waals surface area contributed by atoms with E-state index in [4.69, 9.17) is 5.73 Å². The summed E-state index contributed by atoms with van der Waals surface area (Å²) in [5.74, 6) is 0.371. The van der Waals surface area contributed by atoms with Gasteiger partial charge in [0.25, 0.3) is 0 Å². The molecule has 0 atom stereocenters. The summed E-state index contributed by atoms with van der Waals surface area (Å²) >= 11 is 0. The average Bonchev–Trinajstić information content (AvgIpc) is 2.74. The molecule has 96 valence electrons. The summed E-state index contributed by atoms with van der Waals surface area (Å²) in [5.41, 5.74) is 5.06. The fourth-order valence-corrected chi connectivity index (χ4v) is 1.65. The number of nitrogen functional groups attached to an aromatic ring is 1. The Balaban J connectivity index is 2.56. The van der Waals surface area contributed by atoms with Crippen molar-refractivity contribution in [2.75, 3.05) is 5.73 Å². The molecule has 2 rings (SSSR count). The van der Waals surface area contributed by atoms with Crippen molar-refractivity contribution in [1.29, 1.82) is 0 Å². The summed E-state index contributed by atoms with van der Waals surface area (Å²) in [6.45, 7) is 2.42. The van der Waals surface area contributed by atoms with Crippen LogP contribution in [-0.2, 0) is 12.7 Å². The maximum atomic E-state index is 12.7. The molecule has 0 bridgehead atoms. The van der Waals surface area contributed by atoms with Gasteiger partial charge in [-0.2, -0.15) is 13.2 Å². The SMILES string of the molecule is CCn1cnnc1-c1cc(N)cc(C(F)(F)F)c1. The zero-order valence-electron chi connectivity index (χ0n) is 9.57. The lowest BCUT2D eigenvalue weighted by molar-refractivity contribution is -0.137. The van der Waals surface area contributed by atoms with Crippen LogP contribution >= 0.6 is 0 Å². The van der Waals surface area contributed by atoms with Gasteiger partial charge in [-0.3, -0.25) is 0 Å². The molecule has 18 heavy (non-hydrogen) atoms. The van der Waals surface area contributed by atoms with E-state index >= 15 is 0 Å². The molecular weight excluding hydrogens is 245 g/mol. The van der Waals surface area contributed by atoms with Gasteiger partial charge in [0.1, 0.15) is 6.33 Å². The topological polar surface area (TPSA) is 56.7 Å². The van der Waals surface area contributed by atoms with Crippen molar-refractivity contribution in [2.45, 2.75) is 19.6 Å². The molecule has 1 heterocycles. The minimum Gasteiger partial charge on any atom is -0.399 e. The standard InChI is InChI=1S/C11H11F3N4/c1-2-18-6-16-17-10(18)7-3-8(11(12,13)14)5-9(15)4-7/h3-6H,2,15H2,1H3. The molecule has 7 heteroatoms. The van der Waals surface area contributed by atoms with E-state index < -0.39 is 11.7 Å². The first-order valence-electron chi connectivity index (χ1n) is 5.27. The Bertz CT molecular complexity index is 560. The Hall–Kier alpha value is -2.05. The van der Waals surface area contributed by atoms with Crippen LogP contribution in [0.4, 0.5) is 18.9 Å². The van der Waals surface area contributed by atoms with E-state index in [1.165, 1.54) is 12.4 Å². The number of anilines is 1. The van der Waals surface area contributed by atoms with Crippen molar-refractivity contribution in [3.8, 4) is 11.4 Å². The lowest BCUT2D eigenvalue weighted by atomic mass is 10.1. The van der Waals surface area contributed by atoms with Crippen molar-refractivity contribution in [3.63, 3.8) is 0 Å². The molecule has 0 unspecified atom stereocenters. The van der Waals surface area contributed by atoms with E-state index in [1.807, 2.05) is 6.92 Å². The number of rotatable bonds is 2. The minimum atomic E-state index is -4.43. The summed E-state index contributed by atoms with van der Waals surface area (Å²) in [7, 11) is 0. The van der Waals surface area contributed by atoms with Crippen molar-refractivity contribution < 1.29 is 13.2 Å². The quantitative estimate of drug-likeness (QED) is 0.840. The highest BCUT2D eigenvalue weighted by Gasteiger charge is 2.31. The zero-order valence-corrected chi connectivity index (χ0v) is 9.57. The normalized spacial score (nSPS) is 11.8. The van der Waals surface area contributed by atoms with Crippen molar-refractivity contribution in [1.82, 2.24) is 14.8 Å². The maximum Gasteiger partial charge on any atom is 0.416 e. The predicted molar refractivity (Wildman–Crippen MR) is 60.5 cm³/mol. The Morgan fingerprint density at radius 1 is 1.28 bits per heavy atom. The molecule has 2 aromatic rings. The number of nitrogens with two attached hydrogens (primary N) is 1. The highest BCUT2D eigenvalue weighted by atomic mass is 19.4. The third-order valence-corrected chi connectivity index (χ3v) is 2.50. The molecule has 0 fully saturated rings. The van der Waals surface area contributed by atoms with Gasteiger partial charge in [-0.1, -0.05) is 0 Å². The summed E-state index contributed by atoms with van der Waals surface area (Å²) in [6.07, 6.45) is -2.97. The molecule has 1 aromatic carbocycles. The highest BCUT2D eigenvalue weighted by Crippen LogP contribution is 2.33. The van der Waals surface area contributed by atoms with E-state index in [1.54, 1.807) is 4.57 Å². The number of hydrogen-bond acceptors (Lipinski definition) is 3. The van der Waals surface area contributed by atoms with Crippen LogP contribution in [0.1, 0.15) is 12.5 Å². The van der Waals surface area contributed by atoms with Crippen LogP contribution in [0.2, 0.25) is 0 Å². The number of hydrogen-bond donors (Lipinski definition) is 1. The van der Waals surface area contributed by atoms with Gasteiger partial charge in [0.05, 0.1) is 5.56 Å². The lowest BCUT2D eigenvalue weighted by Gasteiger charge is -2.10. The fraction of sp³-hybridized carbons (Fsp3) is 0.273. The van der Waals surface area contributed by atoms with E-state index in [0.717, 1.165) is 12.1 Å². The molecule has 0 aliphatic carbocycles. The Kier molecular flexibility index (Phi) is 2.98. The number of halogens is 3. The van der Waals surface area contributed by atoms with Crippen molar-refractivity contribution in [2.24, 2.45) is 0 Å². The smallest absolute Gasteiger partial charge is 0.399 e. The molecule has 0 radical (unpaired) electrons. The molecule has 0 spiro atoms. The van der Waals surface area contributed by atoms with E-state index in [0.29, 0.717) is 17.9 Å². The monoisotopic (exact) mass is 256 g/mol. The number of alkyl halides is 3.